The highest BCUT2D eigenvalue weighted by molar-refractivity contribution is 7.91. The summed E-state index contributed by atoms with van der Waals surface area (Å²) in [6.45, 7) is 2.85. The van der Waals surface area contributed by atoms with Gasteiger partial charge < -0.3 is 14.6 Å². The number of aromatic nitrogens is 2. The molecular weight excluding hydrogens is 442 g/mol. The van der Waals surface area contributed by atoms with Gasteiger partial charge in [0.05, 0.1) is 16.9 Å². The van der Waals surface area contributed by atoms with Gasteiger partial charge in [0.15, 0.2) is 16.4 Å². The van der Waals surface area contributed by atoms with Crippen LogP contribution in [0, 0.1) is 13.8 Å². The fraction of sp³-hybridized carbons (Fsp3) is 0.600. The van der Waals surface area contributed by atoms with Crippen LogP contribution in [0.1, 0.15) is 53.2 Å². The summed E-state index contributed by atoms with van der Waals surface area (Å²) in [7, 11) is -3.15. The minimum Gasteiger partial charge on any atom is -0.451 e. The van der Waals surface area contributed by atoms with Gasteiger partial charge in [-0.15, -0.1) is 11.3 Å². The number of thiophene rings is 1. The van der Waals surface area contributed by atoms with E-state index in [4.69, 9.17) is 4.74 Å². The molecule has 1 saturated carbocycles. The molecule has 0 spiro atoms. The van der Waals surface area contributed by atoms with Crippen LogP contribution < -0.4 is 5.56 Å². The number of sulfone groups is 1. The molecule has 1 atom stereocenters. The third-order valence-electron chi connectivity index (χ3n) is 6.04. The second kappa shape index (κ2) is 8.34. The summed E-state index contributed by atoms with van der Waals surface area (Å²) in [5.41, 5.74) is 0.155. The maximum atomic E-state index is 13.0. The van der Waals surface area contributed by atoms with E-state index in [1.54, 1.807) is 18.7 Å². The first-order chi connectivity index (χ1) is 14.7. The minimum atomic E-state index is -3.15. The molecule has 3 heterocycles. The predicted octanol–water partition coefficient (Wildman–Crippen LogP) is 1.72. The molecule has 11 heteroatoms. The van der Waals surface area contributed by atoms with Crippen molar-refractivity contribution in [2.45, 2.75) is 58.0 Å². The number of aromatic amines is 1. The van der Waals surface area contributed by atoms with Gasteiger partial charge in [0.25, 0.3) is 11.5 Å². The summed E-state index contributed by atoms with van der Waals surface area (Å²) in [4.78, 5) is 47.1. The first-order valence-corrected chi connectivity index (χ1v) is 13.0. The van der Waals surface area contributed by atoms with Gasteiger partial charge in [-0.1, -0.05) is 12.8 Å². The van der Waals surface area contributed by atoms with Crippen molar-refractivity contribution in [1.29, 1.82) is 0 Å². The number of aryl methyl sites for hydroxylation is 2. The molecule has 2 aromatic heterocycles. The lowest BCUT2D eigenvalue weighted by Crippen LogP contribution is -2.48. The zero-order chi connectivity index (χ0) is 22.3. The van der Waals surface area contributed by atoms with Gasteiger partial charge in [-0.25, -0.2) is 18.2 Å². The van der Waals surface area contributed by atoms with E-state index >= 15 is 0 Å². The van der Waals surface area contributed by atoms with E-state index in [1.807, 2.05) is 0 Å². The Morgan fingerprint density at radius 2 is 1.90 bits per heavy atom. The van der Waals surface area contributed by atoms with Gasteiger partial charge in [0, 0.05) is 12.1 Å². The number of hydrogen-bond acceptors (Lipinski definition) is 8. The molecule has 0 aromatic carbocycles. The Kier molecular flexibility index (Phi) is 5.91. The zero-order valence-corrected chi connectivity index (χ0v) is 19.1. The molecule has 1 amide bonds. The van der Waals surface area contributed by atoms with Crippen molar-refractivity contribution in [3.8, 4) is 0 Å². The Balaban J connectivity index is 1.50. The van der Waals surface area contributed by atoms with E-state index in [2.05, 4.69) is 9.97 Å². The largest absolute Gasteiger partial charge is 0.451 e. The smallest absolute Gasteiger partial charge is 0.349 e. The molecule has 168 valence electrons. The van der Waals surface area contributed by atoms with E-state index in [0.29, 0.717) is 28.0 Å². The lowest BCUT2D eigenvalue weighted by molar-refractivity contribution is -0.139. The molecule has 0 radical (unpaired) electrons. The van der Waals surface area contributed by atoms with Crippen LogP contribution in [0.25, 0.3) is 10.2 Å². The molecule has 9 nitrogen and oxygen atoms in total. The number of amides is 1. The standard InChI is InChI=1S/C20H25N3O6S2/c1-11-16-18(25)21-12(2)22-19(16)30-17(11)20(26)29-9-15(24)23(13-5-3-4-6-13)14-7-8-31(27,28)10-14/h13-14H,3-10H2,1-2H3,(H,21,22,25)/t14-/m1/s1. The maximum Gasteiger partial charge on any atom is 0.349 e. The summed E-state index contributed by atoms with van der Waals surface area (Å²) in [5, 5.41) is 0.345. The van der Waals surface area contributed by atoms with Gasteiger partial charge in [0.1, 0.15) is 15.5 Å². The van der Waals surface area contributed by atoms with E-state index in [-0.39, 0.29) is 39.9 Å². The van der Waals surface area contributed by atoms with Crippen molar-refractivity contribution in [2.24, 2.45) is 0 Å². The highest BCUT2D eigenvalue weighted by Gasteiger charge is 2.39. The molecule has 1 N–H and O–H groups in total. The molecule has 1 aliphatic carbocycles. The van der Waals surface area contributed by atoms with Crippen LogP contribution in [0.2, 0.25) is 0 Å². The average molecular weight is 468 g/mol. The summed E-state index contributed by atoms with van der Waals surface area (Å²) in [5.74, 6) is -0.556. The van der Waals surface area contributed by atoms with Crippen LogP contribution in [0.15, 0.2) is 4.79 Å². The highest BCUT2D eigenvalue weighted by Crippen LogP contribution is 2.30. The molecule has 31 heavy (non-hydrogen) atoms. The average Bonchev–Trinajstić information content (AvgIpc) is 3.40. The number of esters is 1. The van der Waals surface area contributed by atoms with Crippen molar-refractivity contribution in [3.05, 3.63) is 26.6 Å². The van der Waals surface area contributed by atoms with Gasteiger partial charge in [-0.05, 0) is 38.7 Å². The van der Waals surface area contributed by atoms with E-state index < -0.39 is 22.4 Å². The minimum absolute atomic E-state index is 0.0127. The number of H-pyrrole nitrogens is 1. The van der Waals surface area contributed by atoms with Crippen LogP contribution in [-0.2, 0) is 19.4 Å². The molecule has 1 saturated heterocycles. The van der Waals surface area contributed by atoms with Gasteiger partial charge in [-0.3, -0.25) is 9.59 Å². The number of hydrogen-bond donors (Lipinski definition) is 1. The first kappa shape index (κ1) is 21.9. The predicted molar refractivity (Wildman–Crippen MR) is 116 cm³/mol. The zero-order valence-electron chi connectivity index (χ0n) is 17.5. The van der Waals surface area contributed by atoms with Crippen molar-refractivity contribution in [1.82, 2.24) is 14.9 Å². The van der Waals surface area contributed by atoms with Gasteiger partial charge in [0.2, 0.25) is 0 Å². The summed E-state index contributed by atoms with van der Waals surface area (Å²) in [6, 6.07) is -0.377. The SMILES string of the molecule is Cc1nc2sc(C(=O)OCC(=O)N(C3CCCC3)[C@@H]3CCS(=O)(=O)C3)c(C)c2c(=O)[nH]1. The molecule has 2 fully saturated rings. The summed E-state index contributed by atoms with van der Waals surface area (Å²) in [6.07, 6.45) is 4.08. The lowest BCUT2D eigenvalue weighted by Gasteiger charge is -2.33. The van der Waals surface area contributed by atoms with Crippen LogP contribution in [0.5, 0.6) is 0 Å². The number of nitrogens with zero attached hydrogens (tertiary/aromatic N) is 2. The van der Waals surface area contributed by atoms with Gasteiger partial charge >= 0.3 is 5.97 Å². The van der Waals surface area contributed by atoms with Gasteiger partial charge in [-0.2, -0.15) is 0 Å². The molecular formula is C20H25N3O6S2. The normalized spacial score (nSPS) is 20.9. The molecule has 4 rings (SSSR count). The van der Waals surface area contributed by atoms with Crippen molar-refractivity contribution < 1.29 is 22.7 Å². The monoisotopic (exact) mass is 467 g/mol. The number of nitrogens with one attached hydrogen (secondary N) is 1. The van der Waals surface area contributed by atoms with Crippen LogP contribution in [0.3, 0.4) is 0 Å². The van der Waals surface area contributed by atoms with Crippen molar-refractivity contribution in [2.75, 3.05) is 18.1 Å². The van der Waals surface area contributed by atoms with Crippen molar-refractivity contribution >= 4 is 43.3 Å². The number of rotatable bonds is 5. The van der Waals surface area contributed by atoms with E-state index in [0.717, 1.165) is 37.0 Å². The molecule has 2 aliphatic rings. The quantitative estimate of drug-likeness (QED) is 0.663. The Hall–Kier alpha value is -2.27. The Morgan fingerprint density at radius 3 is 2.55 bits per heavy atom. The Morgan fingerprint density at radius 1 is 1.19 bits per heavy atom. The lowest BCUT2D eigenvalue weighted by atomic mass is 10.1. The van der Waals surface area contributed by atoms with E-state index in [9.17, 15) is 22.8 Å². The molecule has 0 bridgehead atoms. The van der Waals surface area contributed by atoms with Crippen molar-refractivity contribution in [3.63, 3.8) is 0 Å². The third-order valence-corrected chi connectivity index (χ3v) is 8.96. The van der Waals surface area contributed by atoms with E-state index in [1.165, 1.54) is 0 Å². The fourth-order valence-electron chi connectivity index (χ4n) is 4.60. The topological polar surface area (TPSA) is 126 Å². The fourth-order valence-corrected chi connectivity index (χ4v) is 7.43. The summed E-state index contributed by atoms with van der Waals surface area (Å²) >= 11 is 1.06. The molecule has 2 aromatic rings. The highest BCUT2D eigenvalue weighted by atomic mass is 32.2. The number of fused-ring (bicyclic) bond motifs is 1. The molecule has 1 aliphatic heterocycles. The van der Waals surface area contributed by atoms with Crippen LogP contribution >= 0.6 is 11.3 Å². The number of ether oxygens (including phenoxy) is 1. The second-order valence-electron chi connectivity index (χ2n) is 8.26. The summed E-state index contributed by atoms with van der Waals surface area (Å²) < 4.78 is 29.2. The third kappa shape index (κ3) is 4.38. The Labute approximate surface area is 183 Å². The maximum absolute atomic E-state index is 13.0. The van der Waals surface area contributed by atoms with Crippen LogP contribution in [-0.4, -0.2) is 65.4 Å². The number of carbonyl (C=O) groups excluding carboxylic acids is 2. The second-order valence-corrected chi connectivity index (χ2v) is 11.5. The van der Waals surface area contributed by atoms with Crippen LogP contribution in [0.4, 0.5) is 0 Å². The Bertz CT molecular complexity index is 1190. The number of carbonyl (C=O) groups is 2. The molecule has 0 unspecified atom stereocenters. The first-order valence-electron chi connectivity index (χ1n) is 10.3.